The van der Waals surface area contributed by atoms with Gasteiger partial charge in [-0.25, -0.2) is 4.39 Å². The molecule has 0 unspecified atom stereocenters. The molecule has 19 heavy (non-hydrogen) atoms. The number of amides is 1. The lowest BCUT2D eigenvalue weighted by atomic mass is 10.0. The number of alkyl halides is 1. The normalized spacial score (nSPS) is 22.8. The number of hydrogen-bond acceptors (Lipinski definition) is 3. The fourth-order valence-electron chi connectivity index (χ4n) is 2.10. The molecule has 0 bridgehead atoms. The molecule has 1 aromatic heterocycles. The van der Waals surface area contributed by atoms with E-state index in [9.17, 15) is 9.18 Å². The molecule has 1 aliphatic rings. The maximum atomic E-state index is 13.6. The van der Waals surface area contributed by atoms with Gasteiger partial charge >= 0.3 is 0 Å². The third-order valence-corrected chi connectivity index (χ3v) is 3.65. The van der Waals surface area contributed by atoms with Crippen LogP contribution in [0.2, 0.25) is 5.02 Å². The number of halogens is 2. The smallest absolute Gasteiger partial charge is 0.269 e. The minimum absolute atomic E-state index is 0.0933. The van der Waals surface area contributed by atoms with Gasteiger partial charge in [0.2, 0.25) is 0 Å². The number of aromatic amines is 1. The van der Waals surface area contributed by atoms with Crippen LogP contribution in [-0.2, 0) is 0 Å². The zero-order valence-corrected chi connectivity index (χ0v) is 11.1. The molecule has 3 N–H and O–H groups in total. The van der Waals surface area contributed by atoms with Crippen LogP contribution in [0, 0.1) is 18.3 Å². The first-order valence-electron chi connectivity index (χ1n) is 5.98. The molecular formula is C12H14ClFN4O. The molecule has 1 saturated heterocycles. The molecule has 0 radical (unpaired) electrons. The number of nitrogens with zero attached hydrogens (tertiary/aromatic N) is 1. The van der Waals surface area contributed by atoms with Crippen molar-refractivity contribution in [1.82, 2.24) is 15.6 Å². The van der Waals surface area contributed by atoms with E-state index in [-0.39, 0.29) is 22.8 Å². The van der Waals surface area contributed by atoms with Crippen molar-refractivity contribution in [2.24, 2.45) is 0 Å². The van der Waals surface area contributed by atoms with Crippen LogP contribution in [0.5, 0.6) is 0 Å². The first kappa shape index (κ1) is 13.8. The van der Waals surface area contributed by atoms with Crippen molar-refractivity contribution in [2.75, 3.05) is 13.1 Å². The van der Waals surface area contributed by atoms with E-state index in [2.05, 4.69) is 15.6 Å². The summed E-state index contributed by atoms with van der Waals surface area (Å²) in [5.74, 6) is -0.499. The summed E-state index contributed by atoms with van der Waals surface area (Å²) in [6, 6.07) is 1.34. The summed E-state index contributed by atoms with van der Waals surface area (Å²) in [6.07, 6.45) is -0.614. The highest BCUT2D eigenvalue weighted by molar-refractivity contribution is 6.33. The maximum Gasteiger partial charge on any atom is 0.269 e. The van der Waals surface area contributed by atoms with Crippen molar-refractivity contribution in [3.63, 3.8) is 0 Å². The van der Waals surface area contributed by atoms with E-state index >= 15 is 0 Å². The Kier molecular flexibility index (Phi) is 4.08. The molecule has 1 amide bonds. The number of hydrogen-bond donors (Lipinski definition) is 3. The molecule has 1 fully saturated rings. The van der Waals surface area contributed by atoms with Crippen molar-refractivity contribution >= 4 is 17.5 Å². The Morgan fingerprint density at radius 1 is 1.63 bits per heavy atom. The van der Waals surface area contributed by atoms with Gasteiger partial charge in [-0.1, -0.05) is 11.6 Å². The highest BCUT2D eigenvalue weighted by Crippen LogP contribution is 2.23. The molecule has 0 aromatic carbocycles. The largest absolute Gasteiger partial charge is 0.352 e. The molecule has 102 valence electrons. The van der Waals surface area contributed by atoms with Crippen LogP contribution < -0.4 is 10.6 Å². The van der Waals surface area contributed by atoms with E-state index < -0.39 is 18.1 Å². The van der Waals surface area contributed by atoms with Gasteiger partial charge < -0.3 is 15.6 Å². The summed E-state index contributed by atoms with van der Waals surface area (Å²) in [5.41, 5.74) is 0.738. The van der Waals surface area contributed by atoms with Gasteiger partial charge in [0.25, 0.3) is 5.91 Å². The molecule has 7 heteroatoms. The summed E-state index contributed by atoms with van der Waals surface area (Å²) >= 11 is 5.91. The van der Waals surface area contributed by atoms with E-state index in [4.69, 9.17) is 16.9 Å². The molecule has 1 aliphatic heterocycles. The van der Waals surface area contributed by atoms with Gasteiger partial charge in [-0.3, -0.25) is 4.79 Å². The van der Waals surface area contributed by atoms with E-state index in [1.807, 2.05) is 6.07 Å². The summed E-state index contributed by atoms with van der Waals surface area (Å²) in [6.45, 7) is 2.55. The van der Waals surface area contributed by atoms with Gasteiger partial charge in [0.1, 0.15) is 23.5 Å². The van der Waals surface area contributed by atoms with Crippen molar-refractivity contribution in [3.8, 4) is 6.07 Å². The quantitative estimate of drug-likeness (QED) is 0.765. The Labute approximate surface area is 115 Å². The molecular weight excluding hydrogens is 271 g/mol. The van der Waals surface area contributed by atoms with E-state index in [1.165, 1.54) is 0 Å². The second-order valence-electron chi connectivity index (χ2n) is 4.51. The molecule has 0 saturated carbocycles. The monoisotopic (exact) mass is 284 g/mol. The highest BCUT2D eigenvalue weighted by Gasteiger charge is 2.28. The number of H-pyrrole nitrogens is 1. The second kappa shape index (κ2) is 5.59. The van der Waals surface area contributed by atoms with Crippen LogP contribution in [0.25, 0.3) is 0 Å². The number of carbonyl (C=O) groups is 1. The molecule has 2 rings (SSSR count). The second-order valence-corrected chi connectivity index (χ2v) is 4.89. The molecule has 5 nitrogen and oxygen atoms in total. The fourth-order valence-corrected chi connectivity index (χ4v) is 2.29. The third kappa shape index (κ3) is 2.72. The Morgan fingerprint density at radius 3 is 3.00 bits per heavy atom. The number of rotatable bonds is 2. The Balaban J connectivity index is 2.16. The Bertz CT molecular complexity index is 537. The van der Waals surface area contributed by atoms with Crippen molar-refractivity contribution in [3.05, 3.63) is 22.0 Å². The lowest BCUT2D eigenvalue weighted by molar-refractivity contribution is 0.0887. The topological polar surface area (TPSA) is 80.7 Å². The predicted octanol–water partition coefficient (Wildman–Crippen LogP) is 1.28. The molecule has 0 aliphatic carbocycles. The van der Waals surface area contributed by atoms with Gasteiger partial charge in [-0.15, -0.1) is 0 Å². The number of carbonyl (C=O) groups excluding carboxylic acids is 1. The Hall–Kier alpha value is -1.58. The number of nitrogens with one attached hydrogen (secondary N) is 3. The SMILES string of the molecule is Cc1[nH]c(C(=O)N[C@@H]2CCNC[C@@H]2F)c(C#N)c1Cl. The molecule has 2 atom stereocenters. The van der Waals surface area contributed by atoms with E-state index in [0.29, 0.717) is 18.7 Å². The summed E-state index contributed by atoms with van der Waals surface area (Å²) in [7, 11) is 0. The average Bonchev–Trinajstić information content (AvgIpc) is 2.68. The lowest BCUT2D eigenvalue weighted by Crippen LogP contribution is -2.51. The van der Waals surface area contributed by atoms with Gasteiger partial charge in [0.15, 0.2) is 0 Å². The van der Waals surface area contributed by atoms with Crippen LogP contribution >= 0.6 is 11.6 Å². The zero-order chi connectivity index (χ0) is 14.0. The number of aromatic nitrogens is 1. The molecule has 2 heterocycles. The maximum absolute atomic E-state index is 13.6. The molecule has 0 spiro atoms. The van der Waals surface area contributed by atoms with Crippen LogP contribution in [0.4, 0.5) is 4.39 Å². The zero-order valence-electron chi connectivity index (χ0n) is 10.4. The number of piperidine rings is 1. The van der Waals surface area contributed by atoms with E-state index in [1.54, 1.807) is 6.92 Å². The predicted molar refractivity (Wildman–Crippen MR) is 68.9 cm³/mol. The van der Waals surface area contributed by atoms with Crippen molar-refractivity contribution in [1.29, 1.82) is 5.26 Å². The summed E-state index contributed by atoms with van der Waals surface area (Å²) < 4.78 is 13.6. The first-order valence-corrected chi connectivity index (χ1v) is 6.36. The van der Waals surface area contributed by atoms with Gasteiger partial charge in [-0.2, -0.15) is 5.26 Å². The van der Waals surface area contributed by atoms with Crippen LogP contribution in [-0.4, -0.2) is 36.2 Å². The van der Waals surface area contributed by atoms with Gasteiger partial charge in [-0.05, 0) is 19.9 Å². The van der Waals surface area contributed by atoms with Crippen molar-refractivity contribution < 1.29 is 9.18 Å². The fraction of sp³-hybridized carbons (Fsp3) is 0.500. The van der Waals surface area contributed by atoms with Gasteiger partial charge in [0, 0.05) is 12.2 Å². The number of nitriles is 1. The average molecular weight is 285 g/mol. The minimum Gasteiger partial charge on any atom is -0.352 e. The van der Waals surface area contributed by atoms with E-state index in [0.717, 1.165) is 0 Å². The number of aryl methyl sites for hydroxylation is 1. The minimum atomic E-state index is -1.13. The van der Waals surface area contributed by atoms with Crippen molar-refractivity contribution in [2.45, 2.75) is 25.6 Å². The lowest BCUT2D eigenvalue weighted by Gasteiger charge is -2.27. The summed E-state index contributed by atoms with van der Waals surface area (Å²) in [4.78, 5) is 14.8. The highest BCUT2D eigenvalue weighted by atomic mass is 35.5. The summed E-state index contributed by atoms with van der Waals surface area (Å²) in [5, 5.41) is 14.7. The van der Waals surface area contributed by atoms with Crippen LogP contribution in [0.15, 0.2) is 0 Å². The Morgan fingerprint density at radius 2 is 2.37 bits per heavy atom. The third-order valence-electron chi connectivity index (χ3n) is 3.17. The molecule has 1 aromatic rings. The van der Waals surface area contributed by atoms with Gasteiger partial charge in [0.05, 0.1) is 11.1 Å². The standard InChI is InChI=1S/C12H14ClFN4O/c1-6-10(13)7(4-15)11(17-6)12(19)18-9-2-3-16-5-8(9)14/h8-9,16-17H,2-3,5H2,1H3,(H,18,19)/t8-,9+/m0/s1. The van der Waals surface area contributed by atoms with Crippen LogP contribution in [0.1, 0.15) is 28.2 Å². The first-order chi connectivity index (χ1) is 9.04. The van der Waals surface area contributed by atoms with Crippen LogP contribution in [0.3, 0.4) is 0 Å².